The number of imide groups is 1. The minimum absolute atomic E-state index is 0.132. The molecule has 0 atom stereocenters. The summed E-state index contributed by atoms with van der Waals surface area (Å²) in [6.45, 7) is 0. The number of carbonyl (C=O) groups is 2. The fourth-order valence-electron chi connectivity index (χ4n) is 2.17. The molecule has 0 saturated carbocycles. The second-order valence-corrected chi connectivity index (χ2v) is 5.10. The number of benzene rings is 2. The molecule has 2 aromatic carbocycles. The molecule has 1 saturated heterocycles. The summed E-state index contributed by atoms with van der Waals surface area (Å²) in [4.78, 5) is 25.2. The van der Waals surface area contributed by atoms with E-state index in [1.165, 1.54) is 16.7 Å². The molecular formula is C14H11NO2S. The molecule has 1 heterocycles. The van der Waals surface area contributed by atoms with Crippen molar-refractivity contribution in [2.24, 2.45) is 0 Å². The maximum absolute atomic E-state index is 11.9. The topological polar surface area (TPSA) is 37.4 Å². The van der Waals surface area contributed by atoms with Crippen LogP contribution in [0.25, 0.3) is 10.8 Å². The Morgan fingerprint density at radius 2 is 1.56 bits per heavy atom. The van der Waals surface area contributed by atoms with Gasteiger partial charge in [0.2, 0.25) is 11.8 Å². The molecule has 0 radical (unpaired) electrons. The Balaban J connectivity index is 2.19. The average molecular weight is 257 g/mol. The van der Waals surface area contributed by atoms with Crippen LogP contribution >= 0.6 is 11.8 Å². The lowest BCUT2D eigenvalue weighted by Gasteiger charge is -2.25. The van der Waals surface area contributed by atoms with Gasteiger partial charge in [0.25, 0.3) is 0 Å². The quantitative estimate of drug-likeness (QED) is 0.736. The monoisotopic (exact) mass is 257 g/mol. The fourth-order valence-corrected chi connectivity index (χ4v) is 2.88. The second kappa shape index (κ2) is 4.46. The molecule has 2 amide bonds. The molecule has 0 bridgehead atoms. The minimum Gasteiger partial charge on any atom is -0.273 e. The highest BCUT2D eigenvalue weighted by Gasteiger charge is 2.28. The van der Waals surface area contributed by atoms with Crippen molar-refractivity contribution >= 4 is 40.0 Å². The standard InChI is InChI=1S/C14H11NO2S/c16-13-8-18-9-14(17)15(13)12-7-3-5-10-4-1-2-6-11(10)12/h1-7H,8-9H2. The number of rotatable bonds is 1. The van der Waals surface area contributed by atoms with E-state index in [9.17, 15) is 9.59 Å². The van der Waals surface area contributed by atoms with Gasteiger partial charge in [0.05, 0.1) is 17.2 Å². The van der Waals surface area contributed by atoms with Gasteiger partial charge in [-0.05, 0) is 11.5 Å². The van der Waals surface area contributed by atoms with E-state index in [0.717, 1.165) is 10.8 Å². The van der Waals surface area contributed by atoms with Gasteiger partial charge in [0.15, 0.2) is 0 Å². The summed E-state index contributed by atoms with van der Waals surface area (Å²) >= 11 is 1.37. The first-order valence-electron chi connectivity index (χ1n) is 5.68. The predicted octanol–water partition coefficient (Wildman–Crippen LogP) is 2.45. The van der Waals surface area contributed by atoms with Gasteiger partial charge in [0.1, 0.15) is 0 Å². The van der Waals surface area contributed by atoms with E-state index in [1.807, 2.05) is 42.5 Å². The number of hydrogen-bond donors (Lipinski definition) is 0. The summed E-state index contributed by atoms with van der Waals surface area (Å²) in [5, 5.41) is 1.97. The summed E-state index contributed by atoms with van der Waals surface area (Å²) in [6, 6.07) is 13.5. The van der Waals surface area contributed by atoms with Crippen molar-refractivity contribution in [2.45, 2.75) is 0 Å². The van der Waals surface area contributed by atoms with Crippen molar-refractivity contribution in [3.63, 3.8) is 0 Å². The second-order valence-electron chi connectivity index (χ2n) is 4.11. The lowest BCUT2D eigenvalue weighted by atomic mass is 10.1. The first-order valence-corrected chi connectivity index (χ1v) is 6.84. The van der Waals surface area contributed by atoms with Crippen LogP contribution in [0.15, 0.2) is 42.5 Å². The van der Waals surface area contributed by atoms with Gasteiger partial charge < -0.3 is 0 Å². The van der Waals surface area contributed by atoms with E-state index >= 15 is 0 Å². The average Bonchev–Trinajstić information content (AvgIpc) is 2.39. The number of hydrogen-bond acceptors (Lipinski definition) is 3. The fraction of sp³-hybridized carbons (Fsp3) is 0.143. The molecule has 90 valence electrons. The van der Waals surface area contributed by atoms with Gasteiger partial charge in [-0.1, -0.05) is 36.4 Å². The molecule has 4 heteroatoms. The van der Waals surface area contributed by atoms with E-state index in [1.54, 1.807) is 0 Å². The molecule has 0 unspecified atom stereocenters. The van der Waals surface area contributed by atoms with Gasteiger partial charge in [0, 0.05) is 5.39 Å². The van der Waals surface area contributed by atoms with E-state index < -0.39 is 0 Å². The van der Waals surface area contributed by atoms with Crippen molar-refractivity contribution in [1.29, 1.82) is 0 Å². The third kappa shape index (κ3) is 1.78. The SMILES string of the molecule is O=C1CSCC(=O)N1c1cccc2ccccc12. The molecule has 2 aromatic rings. The largest absolute Gasteiger partial charge is 0.273 e. The summed E-state index contributed by atoms with van der Waals surface area (Å²) < 4.78 is 0. The Labute approximate surface area is 109 Å². The molecule has 0 N–H and O–H groups in total. The van der Waals surface area contributed by atoms with Crippen molar-refractivity contribution in [1.82, 2.24) is 0 Å². The van der Waals surface area contributed by atoms with Crippen LogP contribution in [0.5, 0.6) is 0 Å². The van der Waals surface area contributed by atoms with Gasteiger partial charge in [-0.15, -0.1) is 11.8 Å². The van der Waals surface area contributed by atoms with Crippen LogP contribution in [0, 0.1) is 0 Å². The van der Waals surface area contributed by atoms with Crippen molar-refractivity contribution in [3.8, 4) is 0 Å². The van der Waals surface area contributed by atoms with Crippen LogP contribution in [0.1, 0.15) is 0 Å². The normalized spacial score (nSPS) is 16.3. The maximum atomic E-state index is 11.9. The third-order valence-electron chi connectivity index (χ3n) is 2.96. The van der Waals surface area contributed by atoms with Crippen LogP contribution in [-0.4, -0.2) is 23.3 Å². The van der Waals surface area contributed by atoms with Crippen molar-refractivity contribution in [2.75, 3.05) is 16.4 Å². The lowest BCUT2D eigenvalue weighted by molar-refractivity contribution is -0.124. The van der Waals surface area contributed by atoms with E-state index in [0.29, 0.717) is 17.2 Å². The lowest BCUT2D eigenvalue weighted by Crippen LogP contribution is -2.43. The number of thioether (sulfide) groups is 1. The van der Waals surface area contributed by atoms with Crippen LogP contribution in [-0.2, 0) is 9.59 Å². The number of amides is 2. The van der Waals surface area contributed by atoms with Crippen LogP contribution in [0.2, 0.25) is 0 Å². The number of fused-ring (bicyclic) bond motifs is 1. The molecule has 1 aliphatic heterocycles. The van der Waals surface area contributed by atoms with Crippen molar-refractivity contribution < 1.29 is 9.59 Å². The Bertz CT molecular complexity index is 617. The summed E-state index contributed by atoms with van der Waals surface area (Å²) in [5.41, 5.74) is 0.698. The van der Waals surface area contributed by atoms with Crippen molar-refractivity contribution in [3.05, 3.63) is 42.5 Å². The highest BCUT2D eigenvalue weighted by atomic mass is 32.2. The zero-order chi connectivity index (χ0) is 12.5. The van der Waals surface area contributed by atoms with Gasteiger partial charge >= 0.3 is 0 Å². The number of carbonyl (C=O) groups excluding carboxylic acids is 2. The van der Waals surface area contributed by atoms with Crippen LogP contribution in [0.3, 0.4) is 0 Å². The van der Waals surface area contributed by atoms with Gasteiger partial charge in [-0.2, -0.15) is 0 Å². The number of nitrogens with zero attached hydrogens (tertiary/aromatic N) is 1. The first-order chi connectivity index (χ1) is 8.77. The zero-order valence-electron chi connectivity index (χ0n) is 9.63. The molecule has 3 rings (SSSR count). The Hall–Kier alpha value is -1.81. The molecule has 0 aromatic heterocycles. The highest BCUT2D eigenvalue weighted by Crippen LogP contribution is 2.29. The van der Waals surface area contributed by atoms with E-state index in [4.69, 9.17) is 0 Å². The molecule has 3 nitrogen and oxygen atoms in total. The molecule has 18 heavy (non-hydrogen) atoms. The van der Waals surface area contributed by atoms with Gasteiger partial charge in [-0.3, -0.25) is 9.59 Å². The predicted molar refractivity (Wildman–Crippen MR) is 73.8 cm³/mol. The number of anilines is 1. The maximum Gasteiger partial charge on any atom is 0.243 e. The Morgan fingerprint density at radius 3 is 2.33 bits per heavy atom. The molecule has 0 aliphatic carbocycles. The highest BCUT2D eigenvalue weighted by molar-refractivity contribution is 8.00. The molecule has 1 fully saturated rings. The Kier molecular flexibility index (Phi) is 2.80. The summed E-state index contributed by atoms with van der Waals surface area (Å²) in [5.74, 6) is 0.476. The molecular weight excluding hydrogens is 246 g/mol. The van der Waals surface area contributed by atoms with Crippen LogP contribution in [0.4, 0.5) is 5.69 Å². The Morgan fingerprint density at radius 1 is 0.889 bits per heavy atom. The minimum atomic E-state index is -0.132. The first kappa shape index (κ1) is 11.3. The third-order valence-corrected chi connectivity index (χ3v) is 3.86. The summed E-state index contributed by atoms with van der Waals surface area (Å²) in [6.07, 6.45) is 0. The molecule has 1 aliphatic rings. The van der Waals surface area contributed by atoms with E-state index in [2.05, 4.69) is 0 Å². The summed E-state index contributed by atoms with van der Waals surface area (Å²) in [7, 11) is 0. The zero-order valence-corrected chi connectivity index (χ0v) is 10.4. The molecule has 0 spiro atoms. The smallest absolute Gasteiger partial charge is 0.243 e. The van der Waals surface area contributed by atoms with Crippen LogP contribution < -0.4 is 4.90 Å². The van der Waals surface area contributed by atoms with Gasteiger partial charge in [-0.25, -0.2) is 4.90 Å². The van der Waals surface area contributed by atoms with E-state index in [-0.39, 0.29) is 11.8 Å².